The van der Waals surface area contributed by atoms with E-state index >= 15 is 0 Å². The molecule has 0 atom stereocenters. The van der Waals surface area contributed by atoms with Crippen LogP contribution in [0.5, 0.6) is 0 Å². The summed E-state index contributed by atoms with van der Waals surface area (Å²) in [4.78, 5) is 0. The van der Waals surface area contributed by atoms with Crippen molar-refractivity contribution in [3.8, 4) is 0 Å². The molecule has 6 heavy (non-hydrogen) atoms. The maximum absolute atomic E-state index is 8.69. The molecule has 0 saturated carbocycles. The molecule has 0 aromatic heterocycles. The van der Waals surface area contributed by atoms with Gasteiger partial charge in [-0.15, -0.1) is 0 Å². The summed E-state index contributed by atoms with van der Waals surface area (Å²) in [7, 11) is 0. The molecule has 0 heterocycles. The first kappa shape index (κ1) is 16.0. The normalized spacial score (nSPS) is 4.33. The summed E-state index contributed by atoms with van der Waals surface area (Å²) in [6.45, 7) is 0. The van der Waals surface area contributed by atoms with E-state index in [1.54, 1.807) is 0 Å². The zero-order valence-electron chi connectivity index (χ0n) is 4.76. The second kappa shape index (κ2) is 10.9. The molecule has 0 aliphatic rings. The van der Waals surface area contributed by atoms with Crippen molar-refractivity contribution in [1.82, 2.24) is 0 Å². The first-order valence-corrected chi connectivity index (χ1v) is 2.61. The third-order valence-electron chi connectivity index (χ3n) is 0. The van der Waals surface area contributed by atoms with Crippen molar-refractivity contribution in [3.63, 3.8) is 0 Å². The van der Waals surface area contributed by atoms with E-state index in [2.05, 4.69) is 0 Å². The SMILES string of the molecule is [H-].[K+].[Na+].[O]=[Ti]([O-])[OH]. The third-order valence-corrected chi connectivity index (χ3v) is 0. The Morgan fingerprint density at radius 2 is 1.83 bits per heavy atom. The molecule has 0 unspecified atom stereocenters. The zero-order valence-corrected chi connectivity index (χ0v) is 10.4. The molecule has 0 saturated heterocycles. The molecule has 3 nitrogen and oxygen atoms in total. The molecule has 0 fully saturated rings. The monoisotopic (exact) mass is 160 g/mol. The van der Waals surface area contributed by atoms with Gasteiger partial charge >= 0.3 is 110 Å². The minimum atomic E-state index is -3.83. The average Bonchev–Trinajstić information content (AvgIpc) is 0.811. The van der Waals surface area contributed by atoms with Gasteiger partial charge in [0.15, 0.2) is 0 Å². The second-order valence-electron chi connectivity index (χ2n) is 0.266. The molecule has 6 heteroatoms. The molecule has 0 spiro atoms. The van der Waals surface area contributed by atoms with E-state index < -0.39 is 18.6 Å². The van der Waals surface area contributed by atoms with E-state index in [1.165, 1.54) is 0 Å². The Bertz CT molecular complexity index is 37.9. The summed E-state index contributed by atoms with van der Waals surface area (Å²) in [5, 5.41) is 0. The van der Waals surface area contributed by atoms with Crippen LogP contribution < -0.4 is 84.6 Å². The molecule has 0 aromatic rings. The van der Waals surface area contributed by atoms with E-state index in [0.717, 1.165) is 0 Å². The van der Waals surface area contributed by atoms with Gasteiger partial charge in [0.2, 0.25) is 0 Å². The summed E-state index contributed by atoms with van der Waals surface area (Å²) in [5.74, 6) is 0. The molecule has 26 valence electrons. The summed E-state index contributed by atoms with van der Waals surface area (Å²) in [6, 6.07) is 0. The van der Waals surface area contributed by atoms with Gasteiger partial charge in [-0.25, -0.2) is 0 Å². The van der Waals surface area contributed by atoms with Crippen molar-refractivity contribution >= 4 is 0 Å². The topological polar surface area (TPSA) is 60.4 Å². The molecule has 0 aliphatic heterocycles. The van der Waals surface area contributed by atoms with Gasteiger partial charge in [-0.1, -0.05) is 0 Å². The predicted octanol–water partition coefficient (Wildman–Crippen LogP) is -7.75. The van der Waals surface area contributed by atoms with Crippen molar-refractivity contribution < 1.29 is 112 Å². The molecule has 0 bridgehead atoms. The van der Waals surface area contributed by atoms with Crippen LogP contribution in [-0.2, 0) is 21.9 Å². The molecule has 0 amide bonds. The summed E-state index contributed by atoms with van der Waals surface area (Å²) >= 11 is -3.83. The number of rotatable bonds is 0. The second-order valence-corrected chi connectivity index (χ2v) is 1.10. The third kappa shape index (κ3) is 27.6. The molecule has 0 aromatic carbocycles. The Balaban J connectivity index is -0.0000000150. The van der Waals surface area contributed by atoms with E-state index in [0.29, 0.717) is 0 Å². The Hall–Kier alpha value is 3.07. The molecule has 0 rings (SSSR count). The first-order valence-electron chi connectivity index (χ1n) is 0.632. The zero-order chi connectivity index (χ0) is 3.58. The van der Waals surface area contributed by atoms with Crippen LogP contribution in [0.1, 0.15) is 1.43 Å². The fourth-order valence-electron chi connectivity index (χ4n) is 0. The van der Waals surface area contributed by atoms with Gasteiger partial charge in [-0.2, -0.15) is 0 Å². The maximum atomic E-state index is 8.69. The van der Waals surface area contributed by atoms with Crippen LogP contribution in [-0.4, -0.2) is 3.69 Å². The number of hydrogen-bond donors (Lipinski definition) is 1. The van der Waals surface area contributed by atoms with Gasteiger partial charge in [0.25, 0.3) is 0 Å². The van der Waals surface area contributed by atoms with Crippen molar-refractivity contribution in [2.75, 3.05) is 0 Å². The fourth-order valence-corrected chi connectivity index (χ4v) is 0. The van der Waals surface area contributed by atoms with Gasteiger partial charge in [0.1, 0.15) is 0 Å². The Morgan fingerprint density at radius 1 is 1.83 bits per heavy atom. The van der Waals surface area contributed by atoms with Gasteiger partial charge in [0, 0.05) is 0 Å². The summed E-state index contributed by atoms with van der Waals surface area (Å²) < 4.78 is 24.5. The van der Waals surface area contributed by atoms with Crippen molar-refractivity contribution in [3.05, 3.63) is 0 Å². The quantitative estimate of drug-likeness (QED) is 0.358. The minimum absolute atomic E-state index is 0. The molecule has 0 aliphatic carbocycles. The molecular formula is H2KNaO3Ti. The Kier molecular flexibility index (Phi) is 29.3. The predicted molar refractivity (Wildman–Crippen MR) is 4.02 cm³/mol. The van der Waals surface area contributed by atoms with E-state index in [1.807, 2.05) is 0 Å². The summed E-state index contributed by atoms with van der Waals surface area (Å²) in [6.07, 6.45) is 0. The Morgan fingerprint density at radius 3 is 1.83 bits per heavy atom. The van der Waals surface area contributed by atoms with E-state index in [4.69, 9.17) is 10.7 Å². The van der Waals surface area contributed by atoms with E-state index in [-0.39, 0.29) is 82.4 Å². The molecule has 1 N–H and O–H groups in total. The van der Waals surface area contributed by atoms with Crippen LogP contribution in [0.4, 0.5) is 0 Å². The van der Waals surface area contributed by atoms with Crippen LogP contribution in [0.15, 0.2) is 0 Å². The van der Waals surface area contributed by atoms with Crippen LogP contribution in [0.25, 0.3) is 0 Å². The van der Waals surface area contributed by atoms with Crippen molar-refractivity contribution in [2.45, 2.75) is 0 Å². The van der Waals surface area contributed by atoms with Crippen molar-refractivity contribution in [1.29, 1.82) is 0 Å². The van der Waals surface area contributed by atoms with Crippen LogP contribution in [0, 0.1) is 0 Å². The van der Waals surface area contributed by atoms with Gasteiger partial charge in [-0.3, -0.25) is 0 Å². The van der Waals surface area contributed by atoms with Crippen molar-refractivity contribution in [2.24, 2.45) is 0 Å². The summed E-state index contributed by atoms with van der Waals surface area (Å²) in [5.41, 5.74) is 0. The standard InChI is InChI=1S/K.Na.H2O.2O.Ti.H/h;;1H2;;;;/q2*+1;;;-1;+1;-1/p-1. The first-order chi connectivity index (χ1) is 1.73. The van der Waals surface area contributed by atoms with Crippen LogP contribution in [0.2, 0.25) is 0 Å². The van der Waals surface area contributed by atoms with Gasteiger partial charge in [-0.05, 0) is 0 Å². The number of hydrogen-bond acceptors (Lipinski definition) is 2. The van der Waals surface area contributed by atoms with Gasteiger partial charge in [0.05, 0.1) is 0 Å². The molecular weight excluding hydrogens is 158 g/mol. The molecule has 0 radical (unpaired) electrons. The van der Waals surface area contributed by atoms with Crippen LogP contribution >= 0.6 is 0 Å². The van der Waals surface area contributed by atoms with Gasteiger partial charge < -0.3 is 1.43 Å². The fraction of sp³-hybridized carbons (Fsp3) is 0. The van der Waals surface area contributed by atoms with Crippen LogP contribution in [0.3, 0.4) is 0 Å². The Labute approximate surface area is 109 Å². The average molecular weight is 160 g/mol. The van der Waals surface area contributed by atoms with E-state index in [9.17, 15) is 0 Å².